The first-order valence-corrected chi connectivity index (χ1v) is 12.8. The van der Waals surface area contributed by atoms with Crippen LogP contribution >= 0.6 is 0 Å². The molecule has 0 bridgehead atoms. The summed E-state index contributed by atoms with van der Waals surface area (Å²) in [6, 6.07) is 7.14. The fraction of sp³-hybridized carbons (Fsp3) is 0.667. The van der Waals surface area contributed by atoms with Crippen LogP contribution in [-0.2, 0) is 29.7 Å². The first kappa shape index (κ1) is 26.6. The molecule has 174 valence electrons. The van der Waals surface area contributed by atoms with Crippen molar-refractivity contribution in [2.24, 2.45) is 0 Å². The Bertz CT molecular complexity index is 726. The molecule has 1 rings (SSSR count). The maximum absolute atomic E-state index is 10.6. The van der Waals surface area contributed by atoms with Crippen molar-refractivity contribution >= 4 is 20.2 Å². The minimum Gasteiger partial charge on any atom is -0.487 e. The maximum Gasteiger partial charge on any atom is 0.264 e. The fourth-order valence-electron chi connectivity index (χ4n) is 2.29. The maximum atomic E-state index is 10.6. The molecule has 0 spiro atoms. The van der Waals surface area contributed by atoms with Crippen molar-refractivity contribution in [3.63, 3.8) is 0 Å². The van der Waals surface area contributed by atoms with Crippen LogP contribution in [0.5, 0.6) is 11.5 Å². The van der Waals surface area contributed by atoms with Crippen LogP contribution in [0.4, 0.5) is 0 Å². The van der Waals surface area contributed by atoms with E-state index in [-0.39, 0.29) is 11.5 Å². The third-order valence-corrected chi connectivity index (χ3v) is 5.31. The molecule has 0 aliphatic heterocycles. The lowest BCUT2D eigenvalue weighted by Gasteiger charge is -2.13. The Hall–Kier alpha value is -1.44. The van der Waals surface area contributed by atoms with Crippen LogP contribution in [0.25, 0.3) is 0 Å². The summed E-state index contributed by atoms with van der Waals surface area (Å²) in [7, 11) is -7.84. The molecule has 1 aromatic carbocycles. The smallest absolute Gasteiger partial charge is 0.264 e. The molecule has 0 heterocycles. The molecular formula is C18H30O10S2. The van der Waals surface area contributed by atoms with Gasteiger partial charge >= 0.3 is 0 Å². The standard InChI is InChI=1S/C18H30O10S2/c19-29(20,21)15-5-3-9-25-11-13-27-17-7-1-2-8-18(17)28-14-12-26-10-4-6-16-30(22,23)24/h1-2,7-8H,3-6,9-16H2,(H,19,20,21)(H,22,23,24). The minimum absolute atomic E-state index is 0.272. The number of hydrogen-bond donors (Lipinski definition) is 2. The topological polar surface area (TPSA) is 146 Å². The van der Waals surface area contributed by atoms with Gasteiger partial charge in [-0.05, 0) is 37.8 Å². The van der Waals surface area contributed by atoms with E-state index in [2.05, 4.69) is 0 Å². The summed E-state index contributed by atoms with van der Waals surface area (Å²) in [5.74, 6) is 0.568. The predicted octanol–water partition coefficient (Wildman–Crippen LogP) is 1.81. The molecule has 2 N–H and O–H groups in total. The number of rotatable bonds is 18. The van der Waals surface area contributed by atoms with Gasteiger partial charge in [-0.15, -0.1) is 0 Å². The summed E-state index contributed by atoms with van der Waals surface area (Å²) in [6.07, 6.45) is 1.71. The van der Waals surface area contributed by atoms with Gasteiger partial charge in [0.05, 0.1) is 24.7 Å². The fourth-order valence-corrected chi connectivity index (χ4v) is 3.43. The Morgan fingerprint density at radius 1 is 0.600 bits per heavy atom. The van der Waals surface area contributed by atoms with E-state index in [9.17, 15) is 16.8 Å². The van der Waals surface area contributed by atoms with Gasteiger partial charge < -0.3 is 18.9 Å². The minimum atomic E-state index is -3.92. The zero-order valence-corrected chi connectivity index (χ0v) is 18.4. The van der Waals surface area contributed by atoms with Crippen molar-refractivity contribution in [3.8, 4) is 11.5 Å². The predicted molar refractivity (Wildman–Crippen MR) is 110 cm³/mol. The van der Waals surface area contributed by atoms with Crippen molar-refractivity contribution in [2.75, 3.05) is 51.1 Å². The van der Waals surface area contributed by atoms with Crippen LogP contribution < -0.4 is 9.47 Å². The zero-order valence-electron chi connectivity index (χ0n) is 16.8. The molecule has 30 heavy (non-hydrogen) atoms. The average Bonchev–Trinajstić information content (AvgIpc) is 2.65. The van der Waals surface area contributed by atoms with Crippen molar-refractivity contribution in [1.29, 1.82) is 0 Å². The van der Waals surface area contributed by atoms with Gasteiger partial charge in [0.25, 0.3) is 20.2 Å². The molecule has 0 atom stereocenters. The van der Waals surface area contributed by atoms with Gasteiger partial charge in [-0.1, -0.05) is 12.1 Å². The monoisotopic (exact) mass is 470 g/mol. The van der Waals surface area contributed by atoms with Crippen molar-refractivity contribution in [3.05, 3.63) is 24.3 Å². The first-order chi connectivity index (χ1) is 14.2. The molecular weight excluding hydrogens is 440 g/mol. The van der Waals surface area contributed by atoms with Gasteiger partial charge in [0.2, 0.25) is 0 Å². The number of benzene rings is 1. The Morgan fingerprint density at radius 3 is 1.37 bits per heavy atom. The summed E-state index contributed by atoms with van der Waals surface area (Å²) in [5.41, 5.74) is 0. The van der Waals surface area contributed by atoms with Crippen molar-refractivity contribution in [2.45, 2.75) is 25.7 Å². The van der Waals surface area contributed by atoms with E-state index < -0.39 is 20.2 Å². The van der Waals surface area contributed by atoms with Crippen LogP contribution in [0, 0.1) is 0 Å². The van der Waals surface area contributed by atoms with E-state index in [0.29, 0.717) is 76.8 Å². The molecule has 12 heteroatoms. The molecule has 0 aliphatic carbocycles. The largest absolute Gasteiger partial charge is 0.487 e. The molecule has 0 fully saturated rings. The number of hydrogen-bond acceptors (Lipinski definition) is 8. The van der Waals surface area contributed by atoms with Gasteiger partial charge in [0, 0.05) is 13.2 Å². The van der Waals surface area contributed by atoms with E-state index in [4.69, 9.17) is 28.1 Å². The molecule has 0 saturated heterocycles. The van der Waals surface area contributed by atoms with Gasteiger partial charge in [-0.25, -0.2) is 0 Å². The highest BCUT2D eigenvalue weighted by Crippen LogP contribution is 2.26. The van der Waals surface area contributed by atoms with E-state index in [1.54, 1.807) is 12.1 Å². The van der Waals surface area contributed by atoms with Gasteiger partial charge in [-0.3, -0.25) is 9.11 Å². The highest BCUT2D eigenvalue weighted by atomic mass is 32.2. The molecule has 0 aliphatic rings. The van der Waals surface area contributed by atoms with Crippen LogP contribution in [0.2, 0.25) is 0 Å². The van der Waals surface area contributed by atoms with E-state index in [1.165, 1.54) is 0 Å². The van der Waals surface area contributed by atoms with E-state index in [1.807, 2.05) is 12.1 Å². The third-order valence-electron chi connectivity index (χ3n) is 3.70. The van der Waals surface area contributed by atoms with Crippen molar-refractivity contribution < 1.29 is 44.9 Å². The lowest BCUT2D eigenvalue weighted by molar-refractivity contribution is 0.0892. The molecule has 0 saturated carbocycles. The van der Waals surface area contributed by atoms with E-state index in [0.717, 1.165) is 0 Å². The van der Waals surface area contributed by atoms with Crippen molar-refractivity contribution in [1.82, 2.24) is 0 Å². The summed E-state index contributed by atoms with van der Waals surface area (Å²) in [6.45, 7) is 1.99. The van der Waals surface area contributed by atoms with Gasteiger partial charge in [0.1, 0.15) is 13.2 Å². The van der Waals surface area contributed by atoms with E-state index >= 15 is 0 Å². The second kappa shape index (κ2) is 14.5. The van der Waals surface area contributed by atoms with Gasteiger partial charge in [0.15, 0.2) is 11.5 Å². The SMILES string of the molecule is O=S(=O)(O)CCCCOCCOc1ccccc1OCCOCCCCS(=O)(=O)O. The Balaban J connectivity index is 2.12. The Morgan fingerprint density at radius 2 is 1.00 bits per heavy atom. The molecule has 1 aromatic rings. The molecule has 0 aromatic heterocycles. The Labute approximate surface area is 178 Å². The van der Waals surface area contributed by atoms with Gasteiger partial charge in [-0.2, -0.15) is 16.8 Å². The molecule has 10 nitrogen and oxygen atoms in total. The molecule has 0 radical (unpaired) electrons. The summed E-state index contributed by atoms with van der Waals surface area (Å²) in [5, 5.41) is 0. The zero-order chi connectivity index (χ0) is 22.3. The van der Waals surface area contributed by atoms with Crippen LogP contribution in [0.1, 0.15) is 25.7 Å². The van der Waals surface area contributed by atoms with Crippen LogP contribution in [0.15, 0.2) is 24.3 Å². The lowest BCUT2D eigenvalue weighted by Crippen LogP contribution is -2.11. The number of ether oxygens (including phenoxy) is 4. The lowest BCUT2D eigenvalue weighted by atomic mass is 10.3. The normalized spacial score (nSPS) is 12.1. The highest BCUT2D eigenvalue weighted by molar-refractivity contribution is 7.86. The van der Waals surface area contributed by atoms with Crippen LogP contribution in [0.3, 0.4) is 0 Å². The second-order valence-corrected chi connectivity index (χ2v) is 9.50. The average molecular weight is 471 g/mol. The summed E-state index contributed by atoms with van der Waals surface area (Å²) < 4.78 is 81.6. The molecule has 0 amide bonds. The Kier molecular flexibility index (Phi) is 12.9. The quantitative estimate of drug-likeness (QED) is 0.240. The second-order valence-electron chi connectivity index (χ2n) is 6.35. The number of unbranched alkanes of at least 4 members (excludes halogenated alkanes) is 2. The first-order valence-electron chi connectivity index (χ1n) is 9.58. The number of para-hydroxylation sites is 2. The third kappa shape index (κ3) is 15.4. The summed E-state index contributed by atoms with van der Waals surface area (Å²) >= 11 is 0. The molecule has 0 unspecified atom stereocenters. The summed E-state index contributed by atoms with van der Waals surface area (Å²) in [4.78, 5) is 0. The van der Waals surface area contributed by atoms with Crippen LogP contribution in [-0.4, -0.2) is 77.1 Å². The highest BCUT2D eigenvalue weighted by Gasteiger charge is 2.06.